The minimum atomic E-state index is -0.572. The molecule has 0 aliphatic carbocycles. The van der Waals surface area contributed by atoms with Gasteiger partial charge in [-0.25, -0.2) is 0 Å². The summed E-state index contributed by atoms with van der Waals surface area (Å²) in [5, 5.41) is 19.4. The van der Waals surface area contributed by atoms with Crippen molar-refractivity contribution in [3.8, 4) is 17.9 Å². The van der Waals surface area contributed by atoms with Crippen molar-refractivity contribution in [2.75, 3.05) is 27.2 Å². The Hall–Kier alpha value is -3.19. The van der Waals surface area contributed by atoms with Crippen molar-refractivity contribution in [3.63, 3.8) is 0 Å². The molecule has 1 aliphatic heterocycles. The molecule has 1 fully saturated rings. The number of carbonyl (C=O) groups is 1. The number of rotatable bonds is 4. The smallest absolute Gasteiger partial charge is 0.238 e. The third-order valence-electron chi connectivity index (χ3n) is 4.78. The molecule has 0 spiro atoms. The molecule has 0 radical (unpaired) electrons. The average molecular weight is 374 g/mol. The van der Waals surface area contributed by atoms with E-state index >= 15 is 0 Å². The third-order valence-corrected chi connectivity index (χ3v) is 4.78. The molecule has 0 unspecified atom stereocenters. The number of nitrogens with zero attached hydrogens (tertiary/aromatic N) is 4. The predicted molar refractivity (Wildman–Crippen MR) is 105 cm³/mol. The Balaban J connectivity index is 1.77. The SMILES string of the molecule is CN(C)CC(=O)N1[C@H](CO)[C@H](c2ccc(C#Cc3cccnc3)cc2)[C@@H]1C#N. The van der Waals surface area contributed by atoms with Gasteiger partial charge >= 0.3 is 0 Å². The number of aliphatic hydroxyl groups excluding tert-OH is 1. The fraction of sp³-hybridized carbons (Fsp3) is 0.318. The lowest BCUT2D eigenvalue weighted by Crippen LogP contribution is -2.66. The second kappa shape index (κ2) is 8.67. The molecule has 6 heteroatoms. The summed E-state index contributed by atoms with van der Waals surface area (Å²) in [7, 11) is 3.60. The van der Waals surface area contributed by atoms with E-state index in [-0.39, 0.29) is 31.0 Å². The molecule has 0 saturated carbocycles. The number of benzene rings is 1. The Bertz CT molecular complexity index is 923. The van der Waals surface area contributed by atoms with Gasteiger partial charge in [0.15, 0.2) is 0 Å². The number of hydrogen-bond donors (Lipinski definition) is 1. The van der Waals surface area contributed by atoms with E-state index in [0.29, 0.717) is 0 Å². The molecule has 1 saturated heterocycles. The average Bonchev–Trinajstić information content (AvgIpc) is 2.67. The molecule has 0 bridgehead atoms. The zero-order valence-electron chi connectivity index (χ0n) is 15.9. The van der Waals surface area contributed by atoms with E-state index in [0.717, 1.165) is 16.7 Å². The Labute approximate surface area is 165 Å². The van der Waals surface area contributed by atoms with Gasteiger partial charge in [0, 0.05) is 29.4 Å². The number of pyridine rings is 1. The van der Waals surface area contributed by atoms with E-state index in [1.165, 1.54) is 4.90 Å². The van der Waals surface area contributed by atoms with Crippen LogP contribution in [0.15, 0.2) is 48.8 Å². The largest absolute Gasteiger partial charge is 0.394 e. The second-order valence-electron chi connectivity index (χ2n) is 7.00. The van der Waals surface area contributed by atoms with Gasteiger partial charge in [0.05, 0.1) is 25.3 Å². The number of amides is 1. The highest BCUT2D eigenvalue weighted by atomic mass is 16.3. The quantitative estimate of drug-likeness (QED) is 0.814. The van der Waals surface area contributed by atoms with Crippen molar-refractivity contribution in [3.05, 3.63) is 65.5 Å². The van der Waals surface area contributed by atoms with E-state index in [4.69, 9.17) is 0 Å². The zero-order valence-corrected chi connectivity index (χ0v) is 15.9. The van der Waals surface area contributed by atoms with Gasteiger partial charge in [0.1, 0.15) is 6.04 Å². The molecule has 1 aliphatic rings. The highest BCUT2D eigenvalue weighted by Gasteiger charge is 2.51. The molecule has 3 atom stereocenters. The first-order chi connectivity index (χ1) is 13.5. The van der Waals surface area contributed by atoms with Crippen molar-refractivity contribution in [2.45, 2.75) is 18.0 Å². The number of aliphatic hydroxyl groups is 1. The zero-order chi connectivity index (χ0) is 20.1. The van der Waals surface area contributed by atoms with E-state index in [1.54, 1.807) is 31.4 Å². The number of likely N-dealkylation sites (N-methyl/N-ethyl adjacent to an activating group) is 1. The lowest BCUT2D eigenvalue weighted by Gasteiger charge is -2.51. The van der Waals surface area contributed by atoms with Gasteiger partial charge in [-0.3, -0.25) is 9.78 Å². The first kappa shape index (κ1) is 19.6. The minimum Gasteiger partial charge on any atom is -0.394 e. The van der Waals surface area contributed by atoms with Crippen molar-refractivity contribution in [1.82, 2.24) is 14.8 Å². The van der Waals surface area contributed by atoms with E-state index in [1.807, 2.05) is 36.4 Å². The predicted octanol–water partition coefficient (Wildman–Crippen LogP) is 1.22. The van der Waals surface area contributed by atoms with Gasteiger partial charge in [-0.15, -0.1) is 0 Å². The summed E-state index contributed by atoms with van der Waals surface area (Å²) in [5.41, 5.74) is 2.61. The molecule has 1 amide bonds. The molecule has 1 aromatic heterocycles. The van der Waals surface area contributed by atoms with Crippen LogP contribution in [0.3, 0.4) is 0 Å². The number of nitriles is 1. The topological polar surface area (TPSA) is 80.5 Å². The number of aromatic nitrogens is 1. The van der Waals surface area contributed by atoms with Gasteiger partial charge < -0.3 is 14.9 Å². The lowest BCUT2D eigenvalue weighted by atomic mass is 9.75. The van der Waals surface area contributed by atoms with Crippen LogP contribution < -0.4 is 0 Å². The van der Waals surface area contributed by atoms with Crippen LogP contribution in [-0.2, 0) is 4.79 Å². The summed E-state index contributed by atoms with van der Waals surface area (Å²) < 4.78 is 0. The third kappa shape index (κ3) is 4.04. The molecule has 1 N–H and O–H groups in total. The van der Waals surface area contributed by atoms with Crippen molar-refractivity contribution >= 4 is 5.91 Å². The fourth-order valence-electron chi connectivity index (χ4n) is 3.47. The maximum atomic E-state index is 12.4. The molecule has 142 valence electrons. The standard InChI is InChI=1S/C22H22N4O2/c1-25(2)14-21(28)26-19(12-23)22(20(26)15-27)18-9-7-16(8-10-18)5-6-17-4-3-11-24-13-17/h3-4,7-11,13,19-20,22,27H,14-15H2,1-2H3/t19-,20+,22+/m0/s1. The van der Waals surface area contributed by atoms with Gasteiger partial charge in [-0.05, 0) is 43.9 Å². The summed E-state index contributed by atoms with van der Waals surface area (Å²) in [5.74, 6) is 5.79. The molecule has 3 rings (SSSR count). The van der Waals surface area contributed by atoms with Gasteiger partial charge in [0.2, 0.25) is 5.91 Å². The fourth-order valence-corrected chi connectivity index (χ4v) is 3.47. The van der Waals surface area contributed by atoms with Crippen LogP contribution in [0.25, 0.3) is 0 Å². The van der Waals surface area contributed by atoms with Gasteiger partial charge in [-0.1, -0.05) is 24.0 Å². The molecule has 2 aromatic rings. The summed E-state index contributed by atoms with van der Waals surface area (Å²) in [6.45, 7) is 0.0366. The summed E-state index contributed by atoms with van der Waals surface area (Å²) >= 11 is 0. The van der Waals surface area contributed by atoms with Crippen LogP contribution in [0.5, 0.6) is 0 Å². The maximum absolute atomic E-state index is 12.4. The van der Waals surface area contributed by atoms with E-state index in [9.17, 15) is 15.2 Å². The molecule has 6 nitrogen and oxygen atoms in total. The summed E-state index contributed by atoms with van der Waals surface area (Å²) in [6, 6.07) is 12.6. The minimum absolute atomic E-state index is 0.147. The Morgan fingerprint density at radius 1 is 1.21 bits per heavy atom. The van der Waals surface area contributed by atoms with Crippen molar-refractivity contribution < 1.29 is 9.90 Å². The van der Waals surface area contributed by atoms with Crippen LogP contribution in [0.4, 0.5) is 0 Å². The molecule has 28 heavy (non-hydrogen) atoms. The summed E-state index contributed by atoms with van der Waals surface area (Å²) in [6.07, 6.45) is 3.41. The van der Waals surface area contributed by atoms with Crippen LogP contribution >= 0.6 is 0 Å². The van der Waals surface area contributed by atoms with Gasteiger partial charge in [0.25, 0.3) is 0 Å². The second-order valence-corrected chi connectivity index (χ2v) is 7.00. The van der Waals surface area contributed by atoms with Gasteiger partial charge in [-0.2, -0.15) is 5.26 Å². The first-order valence-electron chi connectivity index (χ1n) is 9.03. The Kier molecular flexibility index (Phi) is 6.06. The molecule has 2 heterocycles. The van der Waals surface area contributed by atoms with Crippen LogP contribution in [0, 0.1) is 23.2 Å². The van der Waals surface area contributed by atoms with Crippen molar-refractivity contribution in [1.29, 1.82) is 5.26 Å². The Morgan fingerprint density at radius 2 is 1.93 bits per heavy atom. The van der Waals surface area contributed by atoms with Crippen LogP contribution in [0.1, 0.15) is 22.6 Å². The highest BCUT2D eigenvalue weighted by Crippen LogP contribution is 2.40. The van der Waals surface area contributed by atoms with Crippen molar-refractivity contribution in [2.24, 2.45) is 0 Å². The van der Waals surface area contributed by atoms with Crippen LogP contribution in [0.2, 0.25) is 0 Å². The number of likely N-dealkylation sites (tertiary alicyclic amines) is 1. The Morgan fingerprint density at radius 3 is 2.50 bits per heavy atom. The molecule has 1 aromatic carbocycles. The molecular weight excluding hydrogens is 352 g/mol. The van der Waals surface area contributed by atoms with E-state index < -0.39 is 6.04 Å². The highest BCUT2D eigenvalue weighted by molar-refractivity contribution is 5.81. The van der Waals surface area contributed by atoms with E-state index in [2.05, 4.69) is 22.9 Å². The normalized spacial score (nSPS) is 20.7. The first-order valence-corrected chi connectivity index (χ1v) is 9.03. The molecular formula is C22H22N4O2. The monoisotopic (exact) mass is 374 g/mol. The maximum Gasteiger partial charge on any atom is 0.238 e. The lowest BCUT2D eigenvalue weighted by molar-refractivity contribution is -0.147. The van der Waals surface area contributed by atoms with Crippen LogP contribution in [-0.4, -0.2) is 65.1 Å². The summed E-state index contributed by atoms with van der Waals surface area (Å²) in [4.78, 5) is 19.7. The number of hydrogen-bond acceptors (Lipinski definition) is 5. The number of carbonyl (C=O) groups excluding carboxylic acids is 1.